The normalized spacial score (nSPS) is 11.0. The molecule has 3 aromatic carbocycles. The van der Waals surface area contributed by atoms with Crippen LogP contribution in [0.5, 0.6) is 11.5 Å². The number of aryl methyl sites for hydroxylation is 1. The lowest BCUT2D eigenvalue weighted by Gasteiger charge is -2.22. The van der Waals surface area contributed by atoms with Crippen molar-refractivity contribution in [1.82, 2.24) is 0 Å². The van der Waals surface area contributed by atoms with Crippen LogP contribution in [0.4, 0.5) is 11.4 Å². The molecule has 0 heterocycles. The Hall–Kier alpha value is -3.52. The average Bonchev–Trinajstić information content (AvgIpc) is 2.78. The van der Waals surface area contributed by atoms with Crippen molar-refractivity contribution in [2.45, 2.75) is 11.8 Å². The van der Waals surface area contributed by atoms with Crippen molar-refractivity contribution in [2.75, 3.05) is 30.9 Å². The zero-order valence-electron chi connectivity index (χ0n) is 17.7. The van der Waals surface area contributed by atoms with Gasteiger partial charge >= 0.3 is 0 Å². The topological polar surface area (TPSA) is 84.9 Å². The molecule has 0 fully saturated rings. The van der Waals surface area contributed by atoms with Crippen LogP contribution in [0.25, 0.3) is 0 Å². The number of amides is 1. The predicted octanol–water partition coefficient (Wildman–Crippen LogP) is 4.09. The first-order valence-corrected chi connectivity index (χ1v) is 10.9. The Morgan fingerprint density at radius 1 is 0.903 bits per heavy atom. The van der Waals surface area contributed by atoms with Crippen LogP contribution in [0.15, 0.2) is 71.6 Å². The predicted molar refractivity (Wildman–Crippen MR) is 121 cm³/mol. The van der Waals surface area contributed by atoms with Gasteiger partial charge in [-0.1, -0.05) is 30.3 Å². The first-order valence-electron chi connectivity index (χ1n) is 9.46. The average molecular weight is 441 g/mol. The minimum Gasteiger partial charge on any atom is -0.495 e. The van der Waals surface area contributed by atoms with Crippen molar-refractivity contribution >= 4 is 27.3 Å². The summed E-state index contributed by atoms with van der Waals surface area (Å²) < 4.78 is 38.2. The SMILES string of the molecule is COc1ccccc1NC(=O)c1cc(S(=O)(=O)N(C)c2ccccc2OC)ccc1C. The second-order valence-electron chi connectivity index (χ2n) is 6.78. The quantitative estimate of drug-likeness (QED) is 0.598. The van der Waals surface area contributed by atoms with Crippen LogP contribution in [0.2, 0.25) is 0 Å². The standard InChI is InChI=1S/C23H24N2O5S/c1-16-13-14-17(31(27,28)25(2)20-10-6-8-12-22(20)30-4)15-18(16)23(26)24-19-9-5-7-11-21(19)29-3/h5-15H,1-4H3,(H,24,26). The number of ether oxygens (including phenoxy) is 2. The van der Waals surface area contributed by atoms with E-state index >= 15 is 0 Å². The summed E-state index contributed by atoms with van der Waals surface area (Å²) in [6.45, 7) is 1.75. The summed E-state index contributed by atoms with van der Waals surface area (Å²) in [5.74, 6) is 0.502. The van der Waals surface area contributed by atoms with Crippen LogP contribution >= 0.6 is 0 Å². The molecule has 1 amide bonds. The summed E-state index contributed by atoms with van der Waals surface area (Å²) >= 11 is 0. The lowest BCUT2D eigenvalue weighted by molar-refractivity contribution is 0.102. The molecule has 0 saturated heterocycles. The van der Waals surface area contributed by atoms with Crippen molar-refractivity contribution in [3.63, 3.8) is 0 Å². The van der Waals surface area contributed by atoms with E-state index in [9.17, 15) is 13.2 Å². The van der Waals surface area contributed by atoms with E-state index in [1.807, 2.05) is 0 Å². The summed E-state index contributed by atoms with van der Waals surface area (Å²) in [5, 5.41) is 2.78. The number of benzene rings is 3. The highest BCUT2D eigenvalue weighted by atomic mass is 32.2. The fourth-order valence-corrected chi connectivity index (χ4v) is 4.35. The summed E-state index contributed by atoms with van der Waals surface area (Å²) in [5.41, 5.74) is 1.78. The van der Waals surface area contributed by atoms with Crippen LogP contribution in [-0.4, -0.2) is 35.6 Å². The monoisotopic (exact) mass is 440 g/mol. The van der Waals surface area contributed by atoms with Crippen LogP contribution in [-0.2, 0) is 10.0 Å². The molecule has 0 radical (unpaired) electrons. The number of hydrogen-bond acceptors (Lipinski definition) is 5. The molecule has 31 heavy (non-hydrogen) atoms. The van der Waals surface area contributed by atoms with E-state index in [0.717, 1.165) is 4.31 Å². The van der Waals surface area contributed by atoms with Crippen molar-refractivity contribution < 1.29 is 22.7 Å². The minimum atomic E-state index is -3.93. The maximum absolute atomic E-state index is 13.3. The lowest BCUT2D eigenvalue weighted by Crippen LogP contribution is -2.27. The maximum Gasteiger partial charge on any atom is 0.264 e. The molecule has 0 aliphatic rings. The highest BCUT2D eigenvalue weighted by molar-refractivity contribution is 7.92. The Morgan fingerprint density at radius 3 is 2.19 bits per heavy atom. The van der Waals surface area contributed by atoms with E-state index in [1.54, 1.807) is 61.5 Å². The van der Waals surface area contributed by atoms with Gasteiger partial charge in [-0.15, -0.1) is 0 Å². The van der Waals surface area contributed by atoms with E-state index in [2.05, 4.69) is 5.32 Å². The molecular formula is C23H24N2O5S. The van der Waals surface area contributed by atoms with Crippen LogP contribution in [0.1, 0.15) is 15.9 Å². The Labute approximate surface area is 182 Å². The Bertz CT molecular complexity index is 1210. The summed E-state index contributed by atoms with van der Waals surface area (Å²) in [6, 6.07) is 18.3. The van der Waals surface area contributed by atoms with Gasteiger partial charge in [-0.05, 0) is 48.9 Å². The zero-order chi connectivity index (χ0) is 22.6. The van der Waals surface area contributed by atoms with Crippen LogP contribution < -0.4 is 19.1 Å². The largest absolute Gasteiger partial charge is 0.495 e. The molecule has 0 aliphatic heterocycles. The van der Waals surface area contributed by atoms with Gasteiger partial charge in [-0.3, -0.25) is 9.10 Å². The van der Waals surface area contributed by atoms with Gasteiger partial charge in [0.15, 0.2) is 0 Å². The van der Waals surface area contributed by atoms with Gasteiger partial charge in [0.05, 0.1) is 30.5 Å². The molecule has 0 aromatic heterocycles. The van der Waals surface area contributed by atoms with Gasteiger partial charge in [0.1, 0.15) is 11.5 Å². The molecule has 1 N–H and O–H groups in total. The van der Waals surface area contributed by atoms with Gasteiger partial charge < -0.3 is 14.8 Å². The molecule has 0 bridgehead atoms. The molecule has 7 nitrogen and oxygen atoms in total. The summed E-state index contributed by atoms with van der Waals surface area (Å²) in [4.78, 5) is 12.9. The number of para-hydroxylation sites is 4. The van der Waals surface area contributed by atoms with Crippen molar-refractivity contribution in [2.24, 2.45) is 0 Å². The number of anilines is 2. The minimum absolute atomic E-state index is 0.00307. The highest BCUT2D eigenvalue weighted by Crippen LogP contribution is 2.31. The van der Waals surface area contributed by atoms with E-state index < -0.39 is 15.9 Å². The third kappa shape index (κ3) is 4.49. The number of hydrogen-bond donors (Lipinski definition) is 1. The van der Waals surface area contributed by atoms with Crippen LogP contribution in [0.3, 0.4) is 0 Å². The second-order valence-corrected chi connectivity index (χ2v) is 8.74. The Balaban J connectivity index is 1.97. The van der Waals surface area contributed by atoms with E-state index in [-0.39, 0.29) is 10.5 Å². The van der Waals surface area contributed by atoms with Crippen molar-refractivity contribution in [1.29, 1.82) is 0 Å². The zero-order valence-corrected chi connectivity index (χ0v) is 18.6. The lowest BCUT2D eigenvalue weighted by atomic mass is 10.1. The molecule has 0 unspecified atom stereocenters. The molecule has 0 spiro atoms. The molecule has 0 aliphatic carbocycles. The molecular weight excluding hydrogens is 416 g/mol. The second kappa shape index (κ2) is 9.09. The Morgan fingerprint density at radius 2 is 1.52 bits per heavy atom. The smallest absolute Gasteiger partial charge is 0.264 e. The van der Waals surface area contributed by atoms with E-state index in [4.69, 9.17) is 9.47 Å². The first kappa shape index (κ1) is 22.2. The molecule has 162 valence electrons. The van der Waals surface area contributed by atoms with Gasteiger partial charge in [0, 0.05) is 12.6 Å². The molecule has 3 rings (SSSR count). The number of nitrogens with zero attached hydrogens (tertiary/aromatic N) is 1. The van der Waals surface area contributed by atoms with Crippen LogP contribution in [0, 0.1) is 6.92 Å². The number of sulfonamides is 1. The van der Waals surface area contributed by atoms with Gasteiger partial charge in [0.25, 0.3) is 15.9 Å². The molecule has 3 aromatic rings. The Kier molecular flexibility index (Phi) is 6.50. The molecule has 0 saturated carbocycles. The van der Waals surface area contributed by atoms with Gasteiger partial charge in [0.2, 0.25) is 0 Å². The van der Waals surface area contributed by atoms with E-state index in [1.165, 1.54) is 33.4 Å². The maximum atomic E-state index is 13.3. The molecule has 0 atom stereocenters. The van der Waals surface area contributed by atoms with Crippen molar-refractivity contribution in [3.8, 4) is 11.5 Å². The number of rotatable bonds is 7. The van der Waals surface area contributed by atoms with Gasteiger partial charge in [-0.25, -0.2) is 8.42 Å². The molecule has 8 heteroatoms. The fraction of sp³-hybridized carbons (Fsp3) is 0.174. The fourth-order valence-electron chi connectivity index (χ4n) is 3.12. The number of carbonyl (C=O) groups is 1. The number of methoxy groups -OCH3 is 2. The number of nitrogens with one attached hydrogen (secondary N) is 1. The third-order valence-corrected chi connectivity index (χ3v) is 6.66. The van der Waals surface area contributed by atoms with Gasteiger partial charge in [-0.2, -0.15) is 0 Å². The van der Waals surface area contributed by atoms with E-state index in [0.29, 0.717) is 28.4 Å². The first-order chi connectivity index (χ1) is 14.8. The summed E-state index contributed by atoms with van der Waals surface area (Å²) in [7, 11) is 0.500. The summed E-state index contributed by atoms with van der Waals surface area (Å²) in [6.07, 6.45) is 0. The third-order valence-electron chi connectivity index (χ3n) is 4.89. The number of carbonyl (C=O) groups excluding carboxylic acids is 1. The highest BCUT2D eigenvalue weighted by Gasteiger charge is 2.25. The van der Waals surface area contributed by atoms with Crippen molar-refractivity contribution in [3.05, 3.63) is 77.9 Å².